The van der Waals surface area contributed by atoms with Gasteiger partial charge in [-0.3, -0.25) is 9.35 Å². The van der Waals surface area contributed by atoms with Crippen LogP contribution in [0, 0.1) is 16.7 Å². The second kappa shape index (κ2) is 10.0. The lowest BCUT2D eigenvalue weighted by Crippen LogP contribution is -2.42. The largest absolute Gasteiger partial charge is 0.339 e. The molecule has 2 saturated carbocycles. The molecule has 4 rings (SSSR count). The second-order valence-electron chi connectivity index (χ2n) is 9.55. The van der Waals surface area contributed by atoms with Gasteiger partial charge in [0, 0.05) is 24.9 Å². The van der Waals surface area contributed by atoms with Crippen molar-refractivity contribution in [2.45, 2.75) is 53.4 Å². The highest BCUT2D eigenvalue weighted by molar-refractivity contribution is 7.85. The highest BCUT2D eigenvalue weighted by Gasteiger charge is 2.65. The first-order valence-corrected chi connectivity index (χ1v) is 13.2. The Kier molecular flexibility index (Phi) is 7.76. The summed E-state index contributed by atoms with van der Waals surface area (Å²) < 4.78 is 36.2. The van der Waals surface area contributed by atoms with Crippen LogP contribution in [0.2, 0.25) is 0 Å². The van der Waals surface area contributed by atoms with Crippen molar-refractivity contribution in [2.75, 3.05) is 25.4 Å². The van der Waals surface area contributed by atoms with Crippen molar-refractivity contribution < 1.29 is 22.3 Å². The smallest absolute Gasteiger partial charge is 0.265 e. The molecule has 0 amide bonds. The molecule has 0 saturated heterocycles. The lowest BCUT2D eigenvalue weighted by molar-refractivity contribution is -0.128. The van der Waals surface area contributed by atoms with Crippen molar-refractivity contribution in [1.29, 1.82) is 0 Å². The first-order chi connectivity index (χ1) is 15.5. The van der Waals surface area contributed by atoms with Crippen LogP contribution < -0.4 is 0 Å². The van der Waals surface area contributed by atoms with Crippen LogP contribution in [0.25, 0.3) is 11.4 Å². The predicted molar refractivity (Wildman–Crippen MR) is 126 cm³/mol. The number of benzene rings is 1. The van der Waals surface area contributed by atoms with E-state index in [9.17, 15) is 13.2 Å². The molecule has 2 fully saturated rings. The molecule has 2 atom stereocenters. The molecule has 33 heavy (non-hydrogen) atoms. The highest BCUT2D eigenvalue weighted by Crippen LogP contribution is 2.64. The van der Waals surface area contributed by atoms with Crippen molar-refractivity contribution in [3.63, 3.8) is 0 Å². The molecule has 9 heteroatoms. The van der Waals surface area contributed by atoms with Crippen LogP contribution in [0.1, 0.15) is 52.8 Å². The quantitative estimate of drug-likeness (QED) is 0.570. The maximum atomic E-state index is 11.9. The Bertz CT molecular complexity index is 1050. The second-order valence-corrected chi connectivity index (χ2v) is 11.0. The first-order valence-electron chi connectivity index (χ1n) is 11.6. The standard InChI is InChI=1S/C14H19N3O.C10H16O4S/c1-3-17(4-2)11-10-13-15-14(16-18-13)12-8-6-5-7-9-12;1-9(2)7-3-4-10(9,8(11)5-7)6-15(12,13)14/h5-9H,3-4,10-11H2,1-2H3;7H,3-6H2,1-2H3,(H,12,13,14)/t;7-,10-/m.1/s1. The summed E-state index contributed by atoms with van der Waals surface area (Å²) in [5, 5.41) is 4.01. The molecule has 1 N–H and O–H groups in total. The summed E-state index contributed by atoms with van der Waals surface area (Å²) in [5.41, 5.74) is -0.124. The van der Waals surface area contributed by atoms with Gasteiger partial charge in [-0.25, -0.2) is 0 Å². The normalized spacial score (nSPS) is 23.6. The molecule has 1 aromatic carbocycles. The molecular weight excluding hydrogens is 442 g/mol. The zero-order valence-corrected chi connectivity index (χ0v) is 20.8. The minimum absolute atomic E-state index is 0.0152. The van der Waals surface area contributed by atoms with Gasteiger partial charge < -0.3 is 9.42 Å². The summed E-state index contributed by atoms with van der Waals surface area (Å²) in [5.74, 6) is 1.28. The van der Waals surface area contributed by atoms with Crippen LogP contribution in [0.5, 0.6) is 0 Å². The Hall–Kier alpha value is -2.10. The van der Waals surface area contributed by atoms with Crippen LogP contribution in [0.3, 0.4) is 0 Å². The molecule has 2 aliphatic carbocycles. The minimum atomic E-state index is -4.08. The monoisotopic (exact) mass is 477 g/mol. The van der Waals surface area contributed by atoms with Crippen LogP contribution in [0.4, 0.5) is 0 Å². The van der Waals surface area contributed by atoms with Gasteiger partial charge in [0.1, 0.15) is 5.78 Å². The van der Waals surface area contributed by atoms with E-state index in [1.54, 1.807) is 0 Å². The number of rotatable bonds is 8. The number of hydrogen-bond donors (Lipinski definition) is 1. The molecule has 0 spiro atoms. The third-order valence-corrected chi connectivity index (χ3v) is 8.46. The number of Topliss-reactive ketones (excluding diaryl/α,β-unsaturated/α-hetero) is 1. The average molecular weight is 478 g/mol. The Morgan fingerprint density at radius 3 is 2.36 bits per heavy atom. The van der Waals surface area contributed by atoms with Gasteiger partial charge in [-0.2, -0.15) is 13.4 Å². The Labute approximate surface area is 196 Å². The molecule has 2 aromatic rings. The van der Waals surface area contributed by atoms with E-state index in [0.29, 0.717) is 24.6 Å². The molecule has 182 valence electrons. The SMILES string of the molecule is CC1(C)[C@@H]2CC[C@@]1(CS(=O)(=O)O)C(=O)C2.CCN(CC)CCc1nc(-c2ccccc2)no1. The lowest BCUT2D eigenvalue weighted by atomic mass is 9.70. The number of likely N-dealkylation sites (N-methyl/N-ethyl adjacent to an activating group) is 1. The van der Waals surface area contributed by atoms with Crippen LogP contribution in [-0.2, 0) is 21.3 Å². The Morgan fingerprint density at radius 1 is 1.18 bits per heavy atom. The summed E-state index contributed by atoms with van der Waals surface area (Å²) >= 11 is 0. The number of nitrogens with zero attached hydrogens (tertiary/aromatic N) is 3. The maximum Gasteiger partial charge on any atom is 0.265 e. The zero-order valence-electron chi connectivity index (χ0n) is 20.0. The van der Waals surface area contributed by atoms with Gasteiger partial charge in [-0.15, -0.1) is 0 Å². The fourth-order valence-corrected chi connectivity index (χ4v) is 6.57. The molecule has 2 bridgehead atoms. The topological polar surface area (TPSA) is 114 Å². The van der Waals surface area contributed by atoms with E-state index in [4.69, 9.17) is 9.08 Å². The molecule has 2 aliphatic rings. The Balaban J connectivity index is 0.000000189. The summed E-state index contributed by atoms with van der Waals surface area (Å²) in [6, 6.07) is 9.89. The third-order valence-electron chi connectivity index (χ3n) is 7.60. The van der Waals surface area contributed by atoms with Crippen LogP contribution in [-0.4, -0.2) is 59.2 Å². The molecule has 1 aromatic heterocycles. The molecule has 0 aliphatic heterocycles. The number of hydrogen-bond acceptors (Lipinski definition) is 7. The highest BCUT2D eigenvalue weighted by atomic mass is 32.2. The van der Waals surface area contributed by atoms with Gasteiger partial charge in [-0.05, 0) is 37.3 Å². The summed E-state index contributed by atoms with van der Waals surface area (Å²) in [4.78, 5) is 18.6. The van der Waals surface area contributed by atoms with Gasteiger partial charge in [0.15, 0.2) is 0 Å². The first kappa shape index (κ1) is 25.5. The van der Waals surface area contributed by atoms with E-state index in [2.05, 4.69) is 28.9 Å². The van der Waals surface area contributed by atoms with E-state index in [1.807, 2.05) is 44.2 Å². The van der Waals surface area contributed by atoms with Crippen molar-refractivity contribution in [2.24, 2.45) is 16.7 Å². The lowest BCUT2D eigenvalue weighted by Gasteiger charge is -2.35. The number of fused-ring (bicyclic) bond motifs is 2. The van der Waals surface area contributed by atoms with Gasteiger partial charge in [0.25, 0.3) is 10.1 Å². The van der Waals surface area contributed by atoms with Crippen molar-refractivity contribution >= 4 is 15.9 Å². The van der Waals surface area contributed by atoms with E-state index in [1.165, 1.54) is 0 Å². The fourth-order valence-electron chi connectivity index (χ4n) is 5.27. The van der Waals surface area contributed by atoms with Gasteiger partial charge >= 0.3 is 0 Å². The zero-order chi connectivity index (χ0) is 24.3. The number of ketones is 1. The van der Waals surface area contributed by atoms with E-state index >= 15 is 0 Å². The van der Waals surface area contributed by atoms with Gasteiger partial charge in [0.2, 0.25) is 11.7 Å². The minimum Gasteiger partial charge on any atom is -0.339 e. The summed E-state index contributed by atoms with van der Waals surface area (Å²) in [6.45, 7) is 11.3. The van der Waals surface area contributed by atoms with Crippen molar-refractivity contribution in [1.82, 2.24) is 15.0 Å². The van der Waals surface area contributed by atoms with Gasteiger partial charge in [-0.1, -0.05) is 63.2 Å². The van der Waals surface area contributed by atoms with E-state index in [0.717, 1.165) is 38.0 Å². The van der Waals surface area contributed by atoms with Crippen LogP contribution in [0.15, 0.2) is 34.9 Å². The molecular formula is C24H35N3O5S. The average Bonchev–Trinajstić information content (AvgIpc) is 3.38. The number of aromatic nitrogens is 2. The Morgan fingerprint density at radius 2 is 1.85 bits per heavy atom. The molecule has 8 nitrogen and oxygen atoms in total. The molecule has 0 radical (unpaired) electrons. The van der Waals surface area contributed by atoms with E-state index in [-0.39, 0.29) is 17.1 Å². The summed E-state index contributed by atoms with van der Waals surface area (Å²) in [6.07, 6.45) is 2.78. The third kappa shape index (κ3) is 5.53. The predicted octanol–water partition coefficient (Wildman–Crippen LogP) is 3.89. The molecule has 0 unspecified atom stereocenters. The fraction of sp³-hybridized carbons (Fsp3) is 0.625. The summed E-state index contributed by atoms with van der Waals surface area (Å²) in [7, 11) is -4.08. The van der Waals surface area contributed by atoms with Crippen molar-refractivity contribution in [3.8, 4) is 11.4 Å². The van der Waals surface area contributed by atoms with Crippen molar-refractivity contribution in [3.05, 3.63) is 36.2 Å². The van der Waals surface area contributed by atoms with E-state index < -0.39 is 21.3 Å². The van der Waals surface area contributed by atoms with Gasteiger partial charge in [0.05, 0.1) is 11.2 Å². The molecule has 1 heterocycles. The number of carbonyl (C=O) groups excluding carboxylic acids is 1. The number of carbonyl (C=O) groups is 1. The maximum absolute atomic E-state index is 11.9. The van der Waals surface area contributed by atoms with Crippen LogP contribution >= 0.6 is 0 Å².